The number of hydrogen-bond acceptors (Lipinski definition) is 3. The molecule has 2 aromatic heterocycles. The molecule has 0 aliphatic rings. The summed E-state index contributed by atoms with van der Waals surface area (Å²) in [5.41, 5.74) is 0.867. The van der Waals surface area contributed by atoms with E-state index < -0.39 is 5.82 Å². The van der Waals surface area contributed by atoms with Gasteiger partial charge in [-0.15, -0.1) is 0 Å². The Kier molecular flexibility index (Phi) is 3.23. The minimum atomic E-state index is -0.445. The van der Waals surface area contributed by atoms with Gasteiger partial charge in [-0.1, -0.05) is 6.07 Å². The summed E-state index contributed by atoms with van der Waals surface area (Å²) in [6.07, 6.45) is 2.37. The van der Waals surface area contributed by atoms with Crippen LogP contribution >= 0.6 is 15.9 Å². The zero-order valence-electron chi connectivity index (χ0n) is 10.1. The van der Waals surface area contributed by atoms with Crippen LogP contribution in [0.25, 0.3) is 5.65 Å². The number of benzene rings is 1. The zero-order valence-corrected chi connectivity index (χ0v) is 11.7. The van der Waals surface area contributed by atoms with E-state index >= 15 is 0 Å². The van der Waals surface area contributed by atoms with Crippen LogP contribution in [0.1, 0.15) is 10.5 Å². The van der Waals surface area contributed by atoms with Gasteiger partial charge < -0.3 is 4.74 Å². The lowest BCUT2D eigenvalue weighted by atomic mass is 10.3. The fourth-order valence-electron chi connectivity index (χ4n) is 1.83. The topological polar surface area (TPSA) is 43.6 Å². The second-order valence-electron chi connectivity index (χ2n) is 4.03. The summed E-state index contributed by atoms with van der Waals surface area (Å²) in [6.45, 7) is 0. The van der Waals surface area contributed by atoms with E-state index in [1.807, 2.05) is 0 Å². The van der Waals surface area contributed by atoms with Crippen molar-refractivity contribution in [1.82, 2.24) is 9.38 Å². The quantitative estimate of drug-likeness (QED) is 0.683. The fraction of sp³-hybridized carbons (Fsp3) is 0. The van der Waals surface area contributed by atoms with E-state index in [4.69, 9.17) is 4.74 Å². The van der Waals surface area contributed by atoms with Crippen molar-refractivity contribution in [3.63, 3.8) is 0 Å². The minimum absolute atomic E-state index is 0.146. The predicted molar refractivity (Wildman–Crippen MR) is 74.8 cm³/mol. The van der Waals surface area contributed by atoms with E-state index in [-0.39, 0.29) is 17.3 Å². The van der Waals surface area contributed by atoms with Crippen molar-refractivity contribution in [2.75, 3.05) is 0 Å². The normalized spacial score (nSPS) is 10.7. The Morgan fingerprint density at radius 1 is 1.30 bits per heavy atom. The molecule has 0 aliphatic heterocycles. The molecule has 0 fully saturated rings. The summed E-state index contributed by atoms with van der Waals surface area (Å²) in [7, 11) is 0. The van der Waals surface area contributed by atoms with Crippen molar-refractivity contribution in [2.24, 2.45) is 0 Å². The Morgan fingerprint density at radius 2 is 2.15 bits per heavy atom. The highest BCUT2D eigenvalue weighted by Crippen LogP contribution is 2.27. The fourth-order valence-corrected chi connectivity index (χ4v) is 2.07. The smallest absolute Gasteiger partial charge is 0.249 e. The standard InChI is InChI=1S/C14H8BrFN2O2/c15-10-5-4-9(7-11(10)16)20-14-12(8-19)18-6-2-1-3-13(18)17-14/h1-8H. The van der Waals surface area contributed by atoms with Crippen LogP contribution in [0.5, 0.6) is 11.6 Å². The zero-order chi connectivity index (χ0) is 14.1. The van der Waals surface area contributed by atoms with Gasteiger partial charge in [-0.3, -0.25) is 9.20 Å². The van der Waals surface area contributed by atoms with Crippen LogP contribution in [0.2, 0.25) is 0 Å². The lowest BCUT2D eigenvalue weighted by Crippen LogP contribution is -1.93. The van der Waals surface area contributed by atoms with Crippen LogP contribution < -0.4 is 4.74 Å². The maximum atomic E-state index is 13.4. The molecule has 0 spiro atoms. The molecule has 0 saturated heterocycles. The van der Waals surface area contributed by atoms with Crippen molar-refractivity contribution < 1.29 is 13.9 Å². The molecule has 0 atom stereocenters. The number of aldehydes is 1. The number of fused-ring (bicyclic) bond motifs is 1. The van der Waals surface area contributed by atoms with Crippen molar-refractivity contribution >= 4 is 27.9 Å². The van der Waals surface area contributed by atoms with Crippen LogP contribution in [0.15, 0.2) is 47.1 Å². The molecular weight excluding hydrogens is 327 g/mol. The molecule has 0 aliphatic carbocycles. The van der Waals surface area contributed by atoms with Crippen molar-refractivity contribution in [3.05, 3.63) is 58.6 Å². The van der Waals surface area contributed by atoms with Crippen molar-refractivity contribution in [1.29, 1.82) is 0 Å². The highest BCUT2D eigenvalue weighted by molar-refractivity contribution is 9.10. The number of halogens is 2. The van der Waals surface area contributed by atoms with E-state index in [1.165, 1.54) is 12.1 Å². The van der Waals surface area contributed by atoms with Crippen molar-refractivity contribution in [3.8, 4) is 11.6 Å². The first-order chi connectivity index (χ1) is 9.69. The lowest BCUT2D eigenvalue weighted by molar-refractivity contribution is 0.111. The van der Waals surface area contributed by atoms with Gasteiger partial charge in [-0.2, -0.15) is 4.98 Å². The average Bonchev–Trinajstić information content (AvgIpc) is 2.80. The average molecular weight is 335 g/mol. The summed E-state index contributed by atoms with van der Waals surface area (Å²) in [4.78, 5) is 15.4. The maximum Gasteiger partial charge on any atom is 0.249 e. The maximum absolute atomic E-state index is 13.4. The van der Waals surface area contributed by atoms with E-state index in [9.17, 15) is 9.18 Å². The largest absolute Gasteiger partial charge is 0.437 e. The van der Waals surface area contributed by atoms with Crippen molar-refractivity contribution in [2.45, 2.75) is 0 Å². The predicted octanol–water partition coefficient (Wildman–Crippen LogP) is 3.84. The number of imidazole rings is 1. The van der Waals surface area contributed by atoms with Gasteiger partial charge in [0.25, 0.3) is 0 Å². The van der Waals surface area contributed by atoms with Gasteiger partial charge in [0.2, 0.25) is 5.88 Å². The van der Waals surface area contributed by atoms with Gasteiger partial charge >= 0.3 is 0 Å². The molecule has 20 heavy (non-hydrogen) atoms. The van der Waals surface area contributed by atoms with Gasteiger partial charge in [0.15, 0.2) is 12.0 Å². The summed E-state index contributed by atoms with van der Waals surface area (Å²) >= 11 is 3.06. The molecular formula is C14H8BrFN2O2. The molecule has 0 N–H and O–H groups in total. The third-order valence-corrected chi connectivity index (χ3v) is 3.39. The van der Waals surface area contributed by atoms with Gasteiger partial charge in [-0.05, 0) is 40.2 Å². The van der Waals surface area contributed by atoms with Gasteiger partial charge in [0.05, 0.1) is 4.47 Å². The summed E-state index contributed by atoms with van der Waals surface area (Å²) in [5.74, 6) is -0.0240. The van der Waals surface area contributed by atoms with Crippen LogP contribution in [-0.2, 0) is 0 Å². The second-order valence-corrected chi connectivity index (χ2v) is 4.88. The molecule has 100 valence electrons. The number of aromatic nitrogens is 2. The number of rotatable bonds is 3. The Balaban J connectivity index is 2.05. The SMILES string of the molecule is O=Cc1c(Oc2ccc(Br)c(F)c2)nc2ccccn12. The van der Waals surface area contributed by atoms with Crippen LogP contribution in [0.3, 0.4) is 0 Å². The monoisotopic (exact) mass is 334 g/mol. The number of pyridine rings is 1. The Labute approximate surface area is 121 Å². The molecule has 0 radical (unpaired) electrons. The first kappa shape index (κ1) is 12.8. The Hall–Kier alpha value is -2.21. The molecule has 3 rings (SSSR count). The molecule has 0 bridgehead atoms. The van der Waals surface area contributed by atoms with Gasteiger partial charge in [-0.25, -0.2) is 4.39 Å². The van der Waals surface area contributed by atoms with Gasteiger partial charge in [0.1, 0.15) is 17.2 Å². The Bertz CT molecular complexity index is 801. The summed E-state index contributed by atoms with van der Waals surface area (Å²) < 4.78 is 20.9. The van der Waals surface area contributed by atoms with Gasteiger partial charge in [0, 0.05) is 12.3 Å². The highest BCUT2D eigenvalue weighted by Gasteiger charge is 2.13. The van der Waals surface area contributed by atoms with E-state index in [0.29, 0.717) is 16.4 Å². The molecule has 3 aromatic rings. The third kappa shape index (κ3) is 2.18. The second kappa shape index (κ2) is 5.05. The number of carbonyl (C=O) groups is 1. The third-order valence-electron chi connectivity index (χ3n) is 2.75. The minimum Gasteiger partial charge on any atom is -0.437 e. The van der Waals surface area contributed by atoms with Crippen LogP contribution in [0, 0.1) is 5.82 Å². The van der Waals surface area contributed by atoms with E-state index in [1.54, 1.807) is 34.9 Å². The number of hydrogen-bond donors (Lipinski definition) is 0. The molecule has 1 aromatic carbocycles. The summed E-state index contributed by atoms with van der Waals surface area (Å²) in [5, 5.41) is 0. The molecule has 0 unspecified atom stereocenters. The van der Waals surface area contributed by atoms with Crippen LogP contribution in [0.4, 0.5) is 4.39 Å². The van der Waals surface area contributed by atoms with Crippen LogP contribution in [-0.4, -0.2) is 15.7 Å². The molecule has 0 saturated carbocycles. The number of ether oxygens (including phenoxy) is 1. The first-order valence-electron chi connectivity index (χ1n) is 5.74. The number of carbonyl (C=O) groups excluding carboxylic acids is 1. The molecule has 2 heterocycles. The highest BCUT2D eigenvalue weighted by atomic mass is 79.9. The first-order valence-corrected chi connectivity index (χ1v) is 6.53. The summed E-state index contributed by atoms with van der Waals surface area (Å²) in [6, 6.07) is 9.68. The molecule has 4 nitrogen and oxygen atoms in total. The lowest BCUT2D eigenvalue weighted by Gasteiger charge is -2.03. The number of nitrogens with zero attached hydrogens (tertiary/aromatic N) is 2. The molecule has 0 amide bonds. The molecule has 6 heteroatoms. The Morgan fingerprint density at radius 3 is 2.90 bits per heavy atom. The van der Waals surface area contributed by atoms with E-state index in [2.05, 4.69) is 20.9 Å². The van der Waals surface area contributed by atoms with E-state index in [0.717, 1.165) is 0 Å².